The number of Topliss-reactive ketones (excluding diaryl/α,β-unsaturated/α-hetero) is 1. The fourth-order valence-corrected chi connectivity index (χ4v) is 7.57. The first-order chi connectivity index (χ1) is 22.2. The number of aryl methyl sites for hydroxylation is 3. The molecule has 4 aromatic rings. The van der Waals surface area contributed by atoms with Crippen LogP contribution < -0.4 is 5.32 Å². The lowest BCUT2D eigenvalue weighted by Crippen LogP contribution is -2.57. The van der Waals surface area contributed by atoms with Crippen molar-refractivity contribution >= 4 is 50.2 Å². The maximum atomic E-state index is 14.2. The average Bonchev–Trinajstić information content (AvgIpc) is 3.38. The second-order valence-electron chi connectivity index (χ2n) is 13.2. The highest BCUT2D eigenvalue weighted by Crippen LogP contribution is 2.60. The minimum atomic E-state index is -2.71. The van der Waals surface area contributed by atoms with Crippen molar-refractivity contribution in [1.82, 2.24) is 34.5 Å². The van der Waals surface area contributed by atoms with Crippen LogP contribution in [-0.2, 0) is 16.1 Å². The summed E-state index contributed by atoms with van der Waals surface area (Å²) in [7, 11) is 0. The number of piperidine rings is 1. The molecule has 3 aliphatic rings. The van der Waals surface area contributed by atoms with Gasteiger partial charge in [0.25, 0.3) is 5.92 Å². The number of rotatable bonds is 8. The van der Waals surface area contributed by atoms with Gasteiger partial charge in [-0.15, -0.1) is 0 Å². The largest absolute Gasteiger partial charge is 0.325 e. The number of benzene rings is 1. The van der Waals surface area contributed by atoms with Gasteiger partial charge in [0, 0.05) is 48.3 Å². The number of alkyl halides is 2. The van der Waals surface area contributed by atoms with E-state index in [0.29, 0.717) is 46.5 Å². The Balaban J connectivity index is 1.20. The molecular formula is C33H33BrF2N8O3. The first-order valence-corrected chi connectivity index (χ1v) is 16.2. The molecule has 2 saturated heterocycles. The van der Waals surface area contributed by atoms with Gasteiger partial charge in [0.05, 0.1) is 18.6 Å². The van der Waals surface area contributed by atoms with Crippen molar-refractivity contribution < 1.29 is 23.2 Å². The van der Waals surface area contributed by atoms with Crippen LogP contribution in [-0.4, -0.2) is 89.8 Å². The van der Waals surface area contributed by atoms with Gasteiger partial charge in [-0.25, -0.2) is 23.7 Å². The molecule has 3 atom stereocenters. The third kappa shape index (κ3) is 5.71. The Labute approximate surface area is 277 Å². The smallest absolute Gasteiger partial charge is 0.272 e. The standard InChI is InChI=1S/C33H33BrF2N8O3/c1-17-5-6-26(34)39-30(17)40-31(47)24-9-32(14-42-15-33(35,36)16-42)10-25(32)44(24)27(46)13-43-29-18(2)7-21(22-11-37-20(4)38-12-22)8-23(29)28(41-43)19(3)45/h5-8,11-12,24-25H,9-10,13-16H2,1-4H3,(H,39,40,47)/t24-,25+,32-/m0/s1. The summed E-state index contributed by atoms with van der Waals surface area (Å²) in [5.41, 5.74) is 3.58. The number of carbonyl (C=O) groups excluding carboxylic acids is 3. The van der Waals surface area contributed by atoms with Crippen molar-refractivity contribution in [2.75, 3.05) is 25.0 Å². The summed E-state index contributed by atoms with van der Waals surface area (Å²) in [6.07, 6.45) is 4.41. The van der Waals surface area contributed by atoms with E-state index in [1.807, 2.05) is 32.0 Å². The molecule has 3 fully saturated rings. The molecule has 0 spiro atoms. The molecule has 7 rings (SSSR count). The van der Waals surface area contributed by atoms with E-state index in [1.165, 1.54) is 11.6 Å². The highest BCUT2D eigenvalue weighted by Gasteiger charge is 2.68. The van der Waals surface area contributed by atoms with Crippen LogP contribution >= 0.6 is 15.9 Å². The van der Waals surface area contributed by atoms with E-state index in [9.17, 15) is 23.2 Å². The Bertz CT molecular complexity index is 1960. The fraction of sp³-hybridized carbons (Fsp3) is 0.424. The molecule has 3 aromatic heterocycles. The fourth-order valence-electron chi connectivity index (χ4n) is 7.26. The van der Waals surface area contributed by atoms with Crippen LogP contribution in [0.15, 0.2) is 41.3 Å². The second-order valence-corrected chi connectivity index (χ2v) is 14.0. The molecule has 0 bridgehead atoms. The lowest BCUT2D eigenvalue weighted by molar-refractivity contribution is -0.138. The number of likely N-dealkylation sites (tertiary alicyclic amines) is 2. The zero-order valence-corrected chi connectivity index (χ0v) is 27.9. The molecule has 11 nitrogen and oxygen atoms in total. The molecule has 47 heavy (non-hydrogen) atoms. The highest BCUT2D eigenvalue weighted by atomic mass is 79.9. The topological polar surface area (TPSA) is 126 Å². The van der Waals surface area contributed by atoms with Gasteiger partial charge < -0.3 is 10.2 Å². The molecule has 1 N–H and O–H groups in total. The number of hydrogen-bond acceptors (Lipinski definition) is 8. The molecule has 5 heterocycles. The molecule has 1 aliphatic carbocycles. The van der Waals surface area contributed by atoms with Gasteiger partial charge in [-0.2, -0.15) is 5.10 Å². The van der Waals surface area contributed by atoms with Gasteiger partial charge in [0.15, 0.2) is 5.78 Å². The van der Waals surface area contributed by atoms with Crippen LogP contribution in [0.3, 0.4) is 0 Å². The van der Waals surface area contributed by atoms with E-state index in [-0.39, 0.29) is 49.0 Å². The number of amides is 2. The SMILES string of the molecule is CC(=O)c1nn(CC(=O)N2[C@H](C(=O)Nc3nc(Br)ccc3C)C[C@@]3(CN4CC(F)(F)C4)C[C@@H]23)c2c(C)cc(-c3cnc(C)nc3)cc12. The predicted octanol–water partition coefficient (Wildman–Crippen LogP) is 4.73. The molecule has 1 saturated carbocycles. The number of anilines is 1. The molecule has 14 heteroatoms. The van der Waals surface area contributed by atoms with Crippen LogP contribution in [0, 0.1) is 26.2 Å². The first-order valence-electron chi connectivity index (χ1n) is 15.4. The van der Waals surface area contributed by atoms with E-state index in [0.717, 1.165) is 22.3 Å². The third-order valence-corrected chi connectivity index (χ3v) is 9.97. The minimum Gasteiger partial charge on any atom is -0.325 e. The number of ketones is 1. The number of hydrogen-bond donors (Lipinski definition) is 1. The Morgan fingerprint density at radius 2 is 1.74 bits per heavy atom. The number of nitrogens with one attached hydrogen (secondary N) is 1. The second kappa shape index (κ2) is 11.2. The zero-order chi connectivity index (χ0) is 33.4. The van der Waals surface area contributed by atoms with E-state index in [1.54, 1.807) is 35.2 Å². The van der Waals surface area contributed by atoms with Crippen molar-refractivity contribution in [3.63, 3.8) is 0 Å². The number of pyridine rings is 1. The monoisotopic (exact) mass is 706 g/mol. The molecule has 0 unspecified atom stereocenters. The van der Waals surface area contributed by atoms with E-state index in [4.69, 9.17) is 0 Å². The van der Waals surface area contributed by atoms with Gasteiger partial charge in [-0.05, 0) is 84.4 Å². The average molecular weight is 708 g/mol. The van der Waals surface area contributed by atoms with Gasteiger partial charge in [-0.1, -0.05) is 6.07 Å². The first kappa shape index (κ1) is 31.4. The van der Waals surface area contributed by atoms with Crippen LogP contribution in [0.25, 0.3) is 22.0 Å². The van der Waals surface area contributed by atoms with Crippen molar-refractivity contribution in [1.29, 1.82) is 0 Å². The van der Waals surface area contributed by atoms with E-state index in [2.05, 4.69) is 41.3 Å². The zero-order valence-electron chi connectivity index (χ0n) is 26.4. The molecule has 2 amide bonds. The number of halogens is 3. The lowest BCUT2D eigenvalue weighted by Gasteiger charge is -2.40. The number of fused-ring (bicyclic) bond motifs is 2. The lowest BCUT2D eigenvalue weighted by atomic mass is 9.96. The van der Waals surface area contributed by atoms with Crippen molar-refractivity contribution in [3.8, 4) is 11.1 Å². The summed E-state index contributed by atoms with van der Waals surface area (Å²) in [5, 5.41) is 8.09. The quantitative estimate of drug-likeness (QED) is 0.206. The molecular weight excluding hydrogens is 674 g/mol. The van der Waals surface area contributed by atoms with E-state index >= 15 is 0 Å². The Morgan fingerprint density at radius 1 is 1.02 bits per heavy atom. The van der Waals surface area contributed by atoms with Crippen LogP contribution in [0.1, 0.15) is 47.2 Å². The summed E-state index contributed by atoms with van der Waals surface area (Å²) in [6.45, 7) is 6.49. The van der Waals surface area contributed by atoms with Gasteiger partial charge in [0.1, 0.15) is 34.5 Å². The van der Waals surface area contributed by atoms with Crippen molar-refractivity contribution in [3.05, 3.63) is 63.9 Å². The summed E-state index contributed by atoms with van der Waals surface area (Å²) in [5.74, 6) is -2.66. The van der Waals surface area contributed by atoms with E-state index < -0.39 is 17.4 Å². The van der Waals surface area contributed by atoms with Crippen LogP contribution in [0.4, 0.5) is 14.6 Å². The molecule has 0 radical (unpaired) electrons. The minimum absolute atomic E-state index is 0.204. The van der Waals surface area contributed by atoms with Gasteiger partial charge >= 0.3 is 0 Å². The highest BCUT2D eigenvalue weighted by molar-refractivity contribution is 9.10. The Hall–Kier alpha value is -4.17. The number of aromatic nitrogens is 5. The Kier molecular flexibility index (Phi) is 7.50. The molecule has 1 aromatic carbocycles. The molecule has 244 valence electrons. The van der Waals surface area contributed by atoms with Crippen LogP contribution in [0.2, 0.25) is 0 Å². The predicted molar refractivity (Wildman–Crippen MR) is 173 cm³/mol. The van der Waals surface area contributed by atoms with Crippen LogP contribution in [0.5, 0.6) is 0 Å². The Morgan fingerprint density at radius 3 is 2.43 bits per heavy atom. The summed E-state index contributed by atoms with van der Waals surface area (Å²) >= 11 is 3.34. The number of carbonyl (C=O) groups is 3. The normalized spacial score (nSPS) is 23.0. The van der Waals surface area contributed by atoms with Gasteiger partial charge in [-0.3, -0.25) is 24.0 Å². The van der Waals surface area contributed by atoms with Crippen molar-refractivity contribution in [2.24, 2.45) is 5.41 Å². The molecule has 2 aliphatic heterocycles. The summed E-state index contributed by atoms with van der Waals surface area (Å²) in [4.78, 5) is 57.1. The maximum Gasteiger partial charge on any atom is 0.272 e. The maximum absolute atomic E-state index is 14.2. The van der Waals surface area contributed by atoms with Crippen molar-refractivity contribution in [2.45, 2.75) is 65.1 Å². The van der Waals surface area contributed by atoms with Gasteiger partial charge in [0.2, 0.25) is 11.8 Å². The number of nitrogens with zero attached hydrogens (tertiary/aromatic N) is 7. The summed E-state index contributed by atoms with van der Waals surface area (Å²) in [6, 6.07) is 6.29. The third-order valence-electron chi connectivity index (χ3n) is 9.53. The summed E-state index contributed by atoms with van der Waals surface area (Å²) < 4.78 is 29.5.